The molecule has 2 aromatic carbocycles. The molecule has 0 spiro atoms. The second-order valence-corrected chi connectivity index (χ2v) is 10.0. The zero-order valence-corrected chi connectivity index (χ0v) is 17.3. The van der Waals surface area contributed by atoms with Crippen LogP contribution in [0.5, 0.6) is 0 Å². The molecule has 2 aliphatic rings. The number of benzene rings is 2. The number of amides is 1. The predicted molar refractivity (Wildman–Crippen MR) is 111 cm³/mol. The van der Waals surface area contributed by atoms with Crippen LogP contribution in [0.25, 0.3) is 0 Å². The molecule has 1 N–H and O–H groups in total. The lowest BCUT2D eigenvalue weighted by Crippen LogP contribution is -2.39. The van der Waals surface area contributed by atoms with E-state index < -0.39 is 15.4 Å². The molecule has 0 aromatic heterocycles. The molecule has 1 fully saturated rings. The van der Waals surface area contributed by atoms with Gasteiger partial charge in [-0.1, -0.05) is 37.1 Å². The van der Waals surface area contributed by atoms with Crippen LogP contribution in [-0.4, -0.2) is 31.4 Å². The van der Waals surface area contributed by atoms with E-state index >= 15 is 0 Å². The highest BCUT2D eigenvalue weighted by Gasteiger charge is 2.43. The smallest absolute Gasteiger partial charge is 0.235 e. The summed E-state index contributed by atoms with van der Waals surface area (Å²) in [6.45, 7) is 0.725. The summed E-state index contributed by atoms with van der Waals surface area (Å²) in [6, 6.07) is 11.9. The third-order valence-corrected chi connectivity index (χ3v) is 7.49. The van der Waals surface area contributed by atoms with Crippen LogP contribution in [0.4, 0.5) is 10.1 Å². The van der Waals surface area contributed by atoms with Gasteiger partial charge in [0.25, 0.3) is 0 Å². The molecule has 1 saturated carbocycles. The van der Waals surface area contributed by atoms with Crippen LogP contribution >= 0.6 is 0 Å². The molecule has 0 radical (unpaired) electrons. The lowest BCUT2D eigenvalue weighted by molar-refractivity contribution is -0.121. The number of hydrogen-bond acceptors (Lipinski definition) is 3. The second kappa shape index (κ2) is 7.54. The Kier molecular flexibility index (Phi) is 5.21. The van der Waals surface area contributed by atoms with Gasteiger partial charge in [0.2, 0.25) is 15.9 Å². The molecular weight excluding hydrogens is 391 g/mol. The number of nitrogens with one attached hydrogen (secondary N) is 1. The monoisotopic (exact) mass is 416 g/mol. The fourth-order valence-corrected chi connectivity index (χ4v) is 5.42. The van der Waals surface area contributed by atoms with Crippen LogP contribution in [0.2, 0.25) is 0 Å². The summed E-state index contributed by atoms with van der Waals surface area (Å²) in [5, 5.41) is 3.12. The summed E-state index contributed by atoms with van der Waals surface area (Å²) in [4.78, 5) is 13.4. The van der Waals surface area contributed by atoms with Crippen LogP contribution in [-0.2, 0) is 33.2 Å². The molecule has 1 aliphatic carbocycles. The van der Waals surface area contributed by atoms with Crippen molar-refractivity contribution >= 4 is 21.6 Å². The first-order valence-corrected chi connectivity index (χ1v) is 11.8. The van der Waals surface area contributed by atoms with Crippen molar-refractivity contribution in [3.8, 4) is 0 Å². The van der Waals surface area contributed by atoms with E-state index in [2.05, 4.69) is 5.32 Å². The van der Waals surface area contributed by atoms with E-state index in [0.717, 1.165) is 48.1 Å². The minimum absolute atomic E-state index is 0.0689. The molecule has 0 unspecified atom stereocenters. The Morgan fingerprint density at radius 1 is 1.10 bits per heavy atom. The van der Waals surface area contributed by atoms with Crippen LogP contribution in [0, 0.1) is 5.82 Å². The Balaban J connectivity index is 1.62. The maximum atomic E-state index is 13.4. The SMILES string of the molecule is CS(=O)(=O)N1CCc2c(cccc2NC(=O)C2(c3ccc(F)cc3)CCCC2)C1. The van der Waals surface area contributed by atoms with E-state index in [9.17, 15) is 17.6 Å². The number of carbonyl (C=O) groups is 1. The maximum absolute atomic E-state index is 13.4. The molecule has 1 amide bonds. The molecular formula is C22H25FN2O3S. The van der Waals surface area contributed by atoms with Gasteiger partial charge in [0.05, 0.1) is 11.7 Å². The average molecular weight is 417 g/mol. The largest absolute Gasteiger partial charge is 0.325 e. The number of nitrogens with zero attached hydrogens (tertiary/aromatic N) is 1. The molecule has 29 heavy (non-hydrogen) atoms. The first-order chi connectivity index (χ1) is 13.8. The average Bonchev–Trinajstić information content (AvgIpc) is 3.19. The molecule has 0 atom stereocenters. The van der Waals surface area contributed by atoms with Crippen molar-refractivity contribution in [1.82, 2.24) is 4.31 Å². The Hall–Kier alpha value is -2.25. The Labute approximate surface area is 171 Å². The van der Waals surface area contributed by atoms with E-state index in [-0.39, 0.29) is 11.7 Å². The zero-order valence-electron chi connectivity index (χ0n) is 16.4. The third kappa shape index (κ3) is 3.81. The minimum atomic E-state index is -3.25. The molecule has 5 nitrogen and oxygen atoms in total. The number of hydrogen-bond donors (Lipinski definition) is 1. The van der Waals surface area contributed by atoms with Crippen molar-refractivity contribution in [2.45, 2.75) is 44.1 Å². The predicted octanol–water partition coefficient (Wildman–Crippen LogP) is 3.59. The van der Waals surface area contributed by atoms with Crippen molar-refractivity contribution in [3.05, 3.63) is 65.0 Å². The molecule has 1 heterocycles. The quantitative estimate of drug-likeness (QED) is 0.828. The van der Waals surface area contributed by atoms with Gasteiger partial charge in [-0.05, 0) is 54.2 Å². The number of halogens is 1. The van der Waals surface area contributed by atoms with Gasteiger partial charge in [0.15, 0.2) is 0 Å². The lowest BCUT2D eigenvalue weighted by atomic mass is 9.78. The van der Waals surface area contributed by atoms with Crippen molar-refractivity contribution < 1.29 is 17.6 Å². The molecule has 0 bridgehead atoms. The Morgan fingerprint density at radius 2 is 1.79 bits per heavy atom. The summed E-state index contributed by atoms with van der Waals surface area (Å²) in [7, 11) is -3.25. The second-order valence-electron chi connectivity index (χ2n) is 8.04. The number of rotatable bonds is 4. The van der Waals surface area contributed by atoms with Crippen LogP contribution in [0.1, 0.15) is 42.4 Å². The number of carbonyl (C=O) groups excluding carboxylic acids is 1. The van der Waals surface area contributed by atoms with Crippen LogP contribution in [0.3, 0.4) is 0 Å². The molecule has 0 saturated heterocycles. The standard InChI is InChI=1S/C22H25FN2O3S/c1-29(27,28)25-14-11-19-16(15-25)5-4-6-20(19)24-21(26)22(12-2-3-13-22)17-7-9-18(23)10-8-17/h4-10H,2-3,11-15H2,1H3,(H,24,26). The van der Waals surface area contributed by atoms with Crippen LogP contribution in [0.15, 0.2) is 42.5 Å². The van der Waals surface area contributed by atoms with Gasteiger partial charge in [0, 0.05) is 18.8 Å². The topological polar surface area (TPSA) is 66.5 Å². The van der Waals surface area contributed by atoms with Gasteiger partial charge in [-0.25, -0.2) is 12.8 Å². The summed E-state index contributed by atoms with van der Waals surface area (Å²) in [5.74, 6) is -0.379. The first kappa shape index (κ1) is 20.0. The lowest BCUT2D eigenvalue weighted by Gasteiger charge is -2.31. The van der Waals surface area contributed by atoms with E-state index in [4.69, 9.17) is 0 Å². The Morgan fingerprint density at radius 3 is 2.45 bits per heavy atom. The number of fused-ring (bicyclic) bond motifs is 1. The van der Waals surface area contributed by atoms with Crippen LogP contribution < -0.4 is 5.32 Å². The van der Waals surface area contributed by atoms with Gasteiger partial charge in [-0.3, -0.25) is 4.79 Å². The highest BCUT2D eigenvalue weighted by molar-refractivity contribution is 7.88. The third-order valence-electron chi connectivity index (χ3n) is 6.24. The van der Waals surface area contributed by atoms with E-state index in [0.29, 0.717) is 19.5 Å². The van der Waals surface area contributed by atoms with E-state index in [1.54, 1.807) is 12.1 Å². The fourth-order valence-electron chi connectivity index (χ4n) is 4.62. The van der Waals surface area contributed by atoms with Crippen molar-refractivity contribution in [3.63, 3.8) is 0 Å². The van der Waals surface area contributed by atoms with Gasteiger partial charge < -0.3 is 5.32 Å². The minimum Gasteiger partial charge on any atom is -0.325 e. The highest BCUT2D eigenvalue weighted by atomic mass is 32.2. The number of anilines is 1. The normalized spacial score (nSPS) is 19.0. The van der Waals surface area contributed by atoms with Gasteiger partial charge in [0.1, 0.15) is 5.82 Å². The zero-order chi connectivity index (χ0) is 20.6. The Bertz CT molecular complexity index is 1030. The molecule has 154 valence electrons. The molecule has 7 heteroatoms. The van der Waals surface area contributed by atoms with Gasteiger partial charge >= 0.3 is 0 Å². The summed E-state index contributed by atoms with van der Waals surface area (Å²) in [6.07, 6.45) is 5.17. The first-order valence-electron chi connectivity index (χ1n) is 9.93. The summed E-state index contributed by atoms with van der Waals surface area (Å²) >= 11 is 0. The highest BCUT2D eigenvalue weighted by Crippen LogP contribution is 2.42. The van der Waals surface area contributed by atoms with Crippen molar-refractivity contribution in [2.75, 3.05) is 18.1 Å². The van der Waals surface area contributed by atoms with Crippen molar-refractivity contribution in [1.29, 1.82) is 0 Å². The maximum Gasteiger partial charge on any atom is 0.235 e. The van der Waals surface area contributed by atoms with Gasteiger partial charge in [-0.2, -0.15) is 4.31 Å². The molecule has 1 aliphatic heterocycles. The molecule has 4 rings (SSSR count). The van der Waals surface area contributed by atoms with E-state index in [1.807, 2.05) is 18.2 Å². The fraction of sp³-hybridized carbons (Fsp3) is 0.409. The van der Waals surface area contributed by atoms with Gasteiger partial charge in [-0.15, -0.1) is 0 Å². The summed E-state index contributed by atoms with van der Waals surface area (Å²) in [5.41, 5.74) is 2.86. The molecule has 2 aromatic rings. The van der Waals surface area contributed by atoms with Crippen molar-refractivity contribution in [2.24, 2.45) is 0 Å². The summed E-state index contributed by atoms with van der Waals surface area (Å²) < 4.78 is 38.6. The van der Waals surface area contributed by atoms with E-state index in [1.165, 1.54) is 22.7 Å². The number of sulfonamides is 1.